The summed E-state index contributed by atoms with van der Waals surface area (Å²) in [4.78, 5) is 32.8. The lowest BCUT2D eigenvalue weighted by Gasteiger charge is -2.08. The van der Waals surface area contributed by atoms with Crippen LogP contribution < -0.4 is 0 Å². The van der Waals surface area contributed by atoms with E-state index in [1.807, 2.05) is 25.1 Å². The zero-order valence-corrected chi connectivity index (χ0v) is 18.0. The van der Waals surface area contributed by atoms with Crippen LogP contribution in [0.3, 0.4) is 0 Å². The number of aryl methyl sites for hydroxylation is 1. The molecule has 0 unspecified atom stereocenters. The van der Waals surface area contributed by atoms with Crippen molar-refractivity contribution in [3.8, 4) is 11.1 Å². The third-order valence-electron chi connectivity index (χ3n) is 5.08. The summed E-state index contributed by atoms with van der Waals surface area (Å²) in [5.41, 5.74) is 2.38. The van der Waals surface area contributed by atoms with Gasteiger partial charge in [0.25, 0.3) is 0 Å². The van der Waals surface area contributed by atoms with Gasteiger partial charge < -0.3 is 5.11 Å². The van der Waals surface area contributed by atoms with Crippen LogP contribution in [-0.4, -0.2) is 36.6 Å². The summed E-state index contributed by atoms with van der Waals surface area (Å²) in [6, 6.07) is 10.6. The van der Waals surface area contributed by atoms with Crippen LogP contribution in [0.15, 0.2) is 42.6 Å². The van der Waals surface area contributed by atoms with Gasteiger partial charge in [-0.3, -0.25) is 9.78 Å². The van der Waals surface area contributed by atoms with Crippen molar-refractivity contribution in [1.29, 1.82) is 0 Å². The molecule has 0 aliphatic heterocycles. The Kier molecular flexibility index (Phi) is 7.65. The molecule has 2 heterocycles. The van der Waals surface area contributed by atoms with Gasteiger partial charge in [-0.05, 0) is 30.5 Å². The van der Waals surface area contributed by atoms with Gasteiger partial charge in [0.15, 0.2) is 0 Å². The van der Waals surface area contributed by atoms with Gasteiger partial charge in [0.05, 0.1) is 17.8 Å². The van der Waals surface area contributed by atoms with Gasteiger partial charge in [-0.1, -0.05) is 51.0 Å². The zero-order valence-electron chi connectivity index (χ0n) is 18.0. The zero-order chi connectivity index (χ0) is 22.2. The Morgan fingerprint density at radius 2 is 1.84 bits per heavy atom. The van der Waals surface area contributed by atoms with E-state index in [2.05, 4.69) is 22.0 Å². The summed E-state index contributed by atoms with van der Waals surface area (Å²) in [7, 11) is 0. The molecule has 3 rings (SSSR count). The average Bonchev–Trinajstić information content (AvgIpc) is 3.17. The van der Waals surface area contributed by atoms with E-state index in [4.69, 9.17) is 0 Å². The van der Waals surface area contributed by atoms with Crippen LogP contribution in [0.1, 0.15) is 78.4 Å². The van der Waals surface area contributed by atoms with E-state index in [0.29, 0.717) is 18.5 Å². The van der Waals surface area contributed by atoms with Crippen molar-refractivity contribution in [1.82, 2.24) is 19.7 Å². The number of Topliss-reactive ketones (excluding diaryl/α,β-unsaturated/α-hetero) is 1. The molecule has 0 amide bonds. The van der Waals surface area contributed by atoms with E-state index in [-0.39, 0.29) is 17.2 Å². The van der Waals surface area contributed by atoms with Crippen LogP contribution in [0.2, 0.25) is 0 Å². The average molecular weight is 421 g/mol. The lowest BCUT2D eigenvalue weighted by atomic mass is 10.0. The van der Waals surface area contributed by atoms with Crippen molar-refractivity contribution in [2.45, 2.75) is 58.9 Å². The first-order chi connectivity index (χ1) is 15.0. The minimum Gasteiger partial charge on any atom is -0.478 e. The summed E-state index contributed by atoms with van der Waals surface area (Å²) in [5, 5.41) is 13.9. The number of pyridine rings is 1. The van der Waals surface area contributed by atoms with Gasteiger partial charge >= 0.3 is 5.97 Å². The van der Waals surface area contributed by atoms with Crippen molar-refractivity contribution in [3.05, 3.63) is 65.5 Å². The number of carbonyl (C=O) groups is 2. The first-order valence-corrected chi connectivity index (χ1v) is 10.8. The van der Waals surface area contributed by atoms with Crippen molar-refractivity contribution < 1.29 is 14.7 Å². The predicted molar refractivity (Wildman–Crippen MR) is 118 cm³/mol. The topological polar surface area (TPSA) is 98.0 Å². The molecule has 0 saturated heterocycles. The number of ketones is 1. The summed E-state index contributed by atoms with van der Waals surface area (Å²) in [6.07, 6.45) is 6.85. The largest absolute Gasteiger partial charge is 0.478 e. The third kappa shape index (κ3) is 5.63. The molecule has 0 saturated carbocycles. The summed E-state index contributed by atoms with van der Waals surface area (Å²) >= 11 is 0. The van der Waals surface area contributed by atoms with Gasteiger partial charge in [-0.15, -0.1) is 5.10 Å². The molecule has 0 fully saturated rings. The molecule has 162 valence electrons. The maximum absolute atomic E-state index is 12.3. The fraction of sp³-hybridized carbons (Fsp3) is 0.375. The molecular weight excluding hydrogens is 392 g/mol. The number of hydrogen-bond donors (Lipinski definition) is 1. The summed E-state index contributed by atoms with van der Waals surface area (Å²) < 4.78 is 1.77. The van der Waals surface area contributed by atoms with Crippen LogP contribution in [0, 0.1) is 0 Å². The van der Waals surface area contributed by atoms with E-state index in [9.17, 15) is 14.7 Å². The van der Waals surface area contributed by atoms with Crippen molar-refractivity contribution in [3.63, 3.8) is 0 Å². The number of carbonyl (C=O) groups excluding carboxylic acids is 1. The van der Waals surface area contributed by atoms with Gasteiger partial charge in [0.1, 0.15) is 5.82 Å². The van der Waals surface area contributed by atoms with Crippen molar-refractivity contribution in [2.24, 2.45) is 0 Å². The maximum atomic E-state index is 12.3. The normalized spacial score (nSPS) is 10.9. The minimum absolute atomic E-state index is 0.0356. The number of aromatic nitrogens is 4. The van der Waals surface area contributed by atoms with Gasteiger partial charge in [0.2, 0.25) is 11.6 Å². The van der Waals surface area contributed by atoms with Crippen LogP contribution in [-0.2, 0) is 13.0 Å². The van der Waals surface area contributed by atoms with Crippen LogP contribution in [0.25, 0.3) is 11.1 Å². The molecule has 7 heteroatoms. The predicted octanol–water partition coefficient (Wildman–Crippen LogP) is 4.80. The lowest BCUT2D eigenvalue weighted by Crippen LogP contribution is -2.09. The highest BCUT2D eigenvalue weighted by Crippen LogP contribution is 2.23. The second kappa shape index (κ2) is 10.6. The molecule has 0 spiro atoms. The molecule has 31 heavy (non-hydrogen) atoms. The molecule has 1 aromatic carbocycles. The quantitative estimate of drug-likeness (QED) is 0.353. The Morgan fingerprint density at radius 3 is 2.52 bits per heavy atom. The minimum atomic E-state index is -0.969. The highest BCUT2D eigenvalue weighted by atomic mass is 16.4. The molecule has 0 aliphatic rings. The van der Waals surface area contributed by atoms with Gasteiger partial charge in [-0.2, -0.15) is 0 Å². The molecule has 0 bridgehead atoms. The smallest absolute Gasteiger partial charge is 0.336 e. The number of nitrogens with zero attached hydrogens (tertiary/aromatic N) is 4. The second-order valence-corrected chi connectivity index (χ2v) is 7.53. The first-order valence-electron chi connectivity index (χ1n) is 10.8. The highest BCUT2D eigenvalue weighted by molar-refractivity contribution is 5.95. The second-order valence-electron chi connectivity index (χ2n) is 7.53. The number of aromatic carboxylic acids is 1. The number of hydrogen-bond acceptors (Lipinski definition) is 5. The van der Waals surface area contributed by atoms with Gasteiger partial charge in [-0.25, -0.2) is 14.5 Å². The standard InChI is InChI=1S/C24H28N4O3/c1-3-5-6-12-22-26-23(21(29)9-4-2)27-28(22)16-18-14-13-17(15-25-18)19-10-7-8-11-20(19)24(30)31/h7-8,10-11,13-15H,3-6,9,12,16H2,1-2H3,(H,30,31). The molecule has 3 aromatic rings. The van der Waals surface area contributed by atoms with Crippen LogP contribution >= 0.6 is 0 Å². The number of carboxylic acids is 1. The van der Waals surface area contributed by atoms with E-state index in [0.717, 1.165) is 49.2 Å². The van der Waals surface area contributed by atoms with Gasteiger partial charge in [0, 0.05) is 24.6 Å². The van der Waals surface area contributed by atoms with E-state index in [1.54, 1.807) is 29.1 Å². The number of benzene rings is 1. The van der Waals surface area contributed by atoms with E-state index < -0.39 is 5.97 Å². The van der Waals surface area contributed by atoms with E-state index in [1.165, 1.54) is 0 Å². The lowest BCUT2D eigenvalue weighted by molar-refractivity contribution is 0.0697. The molecule has 0 radical (unpaired) electrons. The molecule has 7 nitrogen and oxygen atoms in total. The molecule has 1 N–H and O–H groups in total. The Labute approximate surface area is 182 Å². The fourth-order valence-electron chi connectivity index (χ4n) is 3.43. The van der Waals surface area contributed by atoms with E-state index >= 15 is 0 Å². The third-order valence-corrected chi connectivity index (χ3v) is 5.08. The highest BCUT2D eigenvalue weighted by Gasteiger charge is 2.16. The Balaban J connectivity index is 1.83. The monoisotopic (exact) mass is 420 g/mol. The van der Waals surface area contributed by atoms with Crippen LogP contribution in [0.5, 0.6) is 0 Å². The number of rotatable bonds is 11. The summed E-state index contributed by atoms with van der Waals surface area (Å²) in [6.45, 7) is 4.52. The SMILES string of the molecule is CCCCCc1nc(C(=O)CCC)nn1Cc1ccc(-c2ccccc2C(=O)O)cn1. The Hall–Kier alpha value is -3.35. The Bertz CT molecular complexity index is 1040. The summed E-state index contributed by atoms with van der Waals surface area (Å²) in [5.74, 6) is 0.0743. The molecular formula is C24H28N4O3. The fourth-order valence-corrected chi connectivity index (χ4v) is 3.43. The Morgan fingerprint density at radius 1 is 1.03 bits per heavy atom. The first kappa shape index (κ1) is 22.3. The molecule has 2 aromatic heterocycles. The number of carboxylic acid groups (broad SMARTS) is 1. The molecule has 0 aliphatic carbocycles. The maximum Gasteiger partial charge on any atom is 0.336 e. The van der Waals surface area contributed by atoms with Crippen LogP contribution in [0.4, 0.5) is 0 Å². The number of unbranched alkanes of at least 4 members (excludes halogenated alkanes) is 2. The van der Waals surface area contributed by atoms with Crippen molar-refractivity contribution >= 4 is 11.8 Å². The molecule has 0 atom stereocenters. The van der Waals surface area contributed by atoms with Crippen molar-refractivity contribution in [2.75, 3.05) is 0 Å².